The van der Waals surface area contributed by atoms with E-state index in [1.165, 1.54) is 11.1 Å². The van der Waals surface area contributed by atoms with E-state index in [-0.39, 0.29) is 5.82 Å². The van der Waals surface area contributed by atoms with Crippen molar-refractivity contribution < 1.29 is 9.90 Å². The molecule has 2 aromatic carbocycles. The van der Waals surface area contributed by atoms with Gasteiger partial charge in [-0.05, 0) is 36.6 Å². The molecule has 106 valence electrons. The Bertz CT molecular complexity index is 863. The van der Waals surface area contributed by atoms with Crippen LogP contribution in [-0.2, 0) is 7.05 Å². The summed E-state index contributed by atoms with van der Waals surface area (Å²) in [5.74, 6) is -0.957. The van der Waals surface area contributed by atoms with Crippen LogP contribution in [0.15, 0.2) is 36.4 Å². The number of hydrogen-bond acceptors (Lipinski definition) is 2. The number of benzene rings is 2. The van der Waals surface area contributed by atoms with Crippen molar-refractivity contribution in [2.24, 2.45) is 7.05 Å². The summed E-state index contributed by atoms with van der Waals surface area (Å²) in [5.41, 5.74) is 6.07. The molecule has 1 aromatic heterocycles. The van der Waals surface area contributed by atoms with Gasteiger partial charge in [-0.1, -0.05) is 30.3 Å². The van der Waals surface area contributed by atoms with Crippen molar-refractivity contribution >= 4 is 17.0 Å². The predicted molar refractivity (Wildman–Crippen MR) is 82.6 cm³/mol. The average Bonchev–Trinajstić information content (AvgIpc) is 2.80. The van der Waals surface area contributed by atoms with Gasteiger partial charge in [0, 0.05) is 12.6 Å². The summed E-state index contributed by atoms with van der Waals surface area (Å²) >= 11 is 0. The van der Waals surface area contributed by atoms with E-state index < -0.39 is 5.97 Å². The van der Waals surface area contributed by atoms with Crippen LogP contribution in [0.4, 0.5) is 0 Å². The highest BCUT2D eigenvalue weighted by Crippen LogP contribution is 2.30. The Hall–Kier alpha value is -2.62. The van der Waals surface area contributed by atoms with Gasteiger partial charge < -0.3 is 9.67 Å². The number of aromatic nitrogens is 2. The SMILES string of the molecule is Cc1ccc(-c2cccc3nc(C(=O)O)n(C)c23)cc1C. The minimum atomic E-state index is -1.01. The summed E-state index contributed by atoms with van der Waals surface area (Å²) in [7, 11) is 1.74. The Morgan fingerprint density at radius 3 is 2.57 bits per heavy atom. The van der Waals surface area contributed by atoms with E-state index in [4.69, 9.17) is 0 Å². The molecule has 0 saturated heterocycles. The van der Waals surface area contributed by atoms with Crippen molar-refractivity contribution in [3.8, 4) is 11.1 Å². The van der Waals surface area contributed by atoms with E-state index in [0.29, 0.717) is 5.52 Å². The molecule has 0 fully saturated rings. The van der Waals surface area contributed by atoms with Crippen LogP contribution in [0.1, 0.15) is 21.7 Å². The fraction of sp³-hybridized carbons (Fsp3) is 0.176. The predicted octanol–water partition coefficient (Wildman–Crippen LogP) is 3.56. The molecular weight excluding hydrogens is 264 g/mol. The van der Waals surface area contributed by atoms with Crippen LogP contribution in [0.5, 0.6) is 0 Å². The molecular formula is C17H16N2O2. The van der Waals surface area contributed by atoms with E-state index in [1.54, 1.807) is 11.6 Å². The maximum absolute atomic E-state index is 11.3. The lowest BCUT2D eigenvalue weighted by molar-refractivity contribution is 0.0680. The first kappa shape index (κ1) is 13.4. The monoisotopic (exact) mass is 280 g/mol. The van der Waals surface area contributed by atoms with Gasteiger partial charge >= 0.3 is 5.97 Å². The molecule has 0 saturated carbocycles. The van der Waals surface area contributed by atoms with Crippen LogP contribution in [0.3, 0.4) is 0 Å². The van der Waals surface area contributed by atoms with Gasteiger partial charge in [0.1, 0.15) is 0 Å². The number of aryl methyl sites for hydroxylation is 3. The highest BCUT2D eigenvalue weighted by atomic mass is 16.4. The van der Waals surface area contributed by atoms with Crippen molar-refractivity contribution in [1.82, 2.24) is 9.55 Å². The number of aromatic carboxylic acids is 1. The van der Waals surface area contributed by atoms with Gasteiger partial charge in [-0.3, -0.25) is 0 Å². The zero-order chi connectivity index (χ0) is 15.1. The molecule has 0 aliphatic carbocycles. The molecule has 4 heteroatoms. The van der Waals surface area contributed by atoms with Gasteiger partial charge in [-0.25, -0.2) is 9.78 Å². The largest absolute Gasteiger partial charge is 0.475 e. The van der Waals surface area contributed by atoms with Gasteiger partial charge in [-0.15, -0.1) is 0 Å². The van der Waals surface area contributed by atoms with E-state index in [2.05, 4.69) is 37.0 Å². The number of carbonyl (C=O) groups is 1. The third-order valence-electron chi connectivity index (χ3n) is 3.90. The third kappa shape index (κ3) is 2.09. The molecule has 0 unspecified atom stereocenters. The number of para-hydroxylation sites is 1. The lowest BCUT2D eigenvalue weighted by atomic mass is 9.99. The topological polar surface area (TPSA) is 55.1 Å². The fourth-order valence-corrected chi connectivity index (χ4v) is 2.60. The third-order valence-corrected chi connectivity index (χ3v) is 3.90. The van der Waals surface area contributed by atoms with Crippen LogP contribution in [0.25, 0.3) is 22.2 Å². The fourth-order valence-electron chi connectivity index (χ4n) is 2.60. The second-order valence-electron chi connectivity index (χ2n) is 5.27. The second kappa shape index (κ2) is 4.74. The molecule has 1 heterocycles. The van der Waals surface area contributed by atoms with Gasteiger partial charge in [0.15, 0.2) is 0 Å². The summed E-state index contributed by atoms with van der Waals surface area (Å²) in [5, 5.41) is 9.23. The summed E-state index contributed by atoms with van der Waals surface area (Å²) in [6.07, 6.45) is 0. The molecule has 0 radical (unpaired) electrons. The highest BCUT2D eigenvalue weighted by molar-refractivity contribution is 5.97. The summed E-state index contributed by atoms with van der Waals surface area (Å²) in [6, 6.07) is 12.0. The maximum atomic E-state index is 11.3. The first-order chi connectivity index (χ1) is 9.99. The Morgan fingerprint density at radius 1 is 1.14 bits per heavy atom. The molecule has 1 N–H and O–H groups in total. The molecule has 3 aromatic rings. The molecule has 21 heavy (non-hydrogen) atoms. The van der Waals surface area contributed by atoms with Crippen molar-refractivity contribution in [3.05, 3.63) is 53.3 Å². The lowest BCUT2D eigenvalue weighted by Gasteiger charge is -2.08. The Kier molecular flexibility index (Phi) is 3.01. The summed E-state index contributed by atoms with van der Waals surface area (Å²) in [4.78, 5) is 15.5. The minimum Gasteiger partial charge on any atom is -0.475 e. The van der Waals surface area contributed by atoms with Crippen LogP contribution < -0.4 is 0 Å². The lowest BCUT2D eigenvalue weighted by Crippen LogP contribution is -2.05. The van der Waals surface area contributed by atoms with Crippen molar-refractivity contribution in [1.29, 1.82) is 0 Å². The number of carboxylic acid groups (broad SMARTS) is 1. The van der Waals surface area contributed by atoms with Crippen LogP contribution in [0, 0.1) is 13.8 Å². The van der Waals surface area contributed by atoms with E-state index in [9.17, 15) is 9.90 Å². The maximum Gasteiger partial charge on any atom is 0.372 e. The Labute approximate surface area is 122 Å². The van der Waals surface area contributed by atoms with Crippen LogP contribution in [0.2, 0.25) is 0 Å². The molecule has 0 aliphatic rings. The molecule has 0 atom stereocenters. The van der Waals surface area contributed by atoms with Crippen molar-refractivity contribution in [3.63, 3.8) is 0 Å². The first-order valence-corrected chi connectivity index (χ1v) is 6.75. The molecule has 3 rings (SSSR count). The van der Waals surface area contributed by atoms with E-state index in [0.717, 1.165) is 16.6 Å². The number of hydrogen-bond donors (Lipinski definition) is 1. The van der Waals surface area contributed by atoms with Gasteiger partial charge in [0.2, 0.25) is 5.82 Å². The van der Waals surface area contributed by atoms with E-state index >= 15 is 0 Å². The molecule has 0 spiro atoms. The Morgan fingerprint density at radius 2 is 1.90 bits per heavy atom. The standard InChI is InChI=1S/C17H16N2O2/c1-10-7-8-12(9-11(10)2)13-5-4-6-14-15(13)19(3)16(18-14)17(20)21/h4-9H,1-3H3,(H,20,21). The molecule has 4 nitrogen and oxygen atoms in total. The number of fused-ring (bicyclic) bond motifs is 1. The Balaban J connectivity index is 2.32. The van der Waals surface area contributed by atoms with Gasteiger partial charge in [0.25, 0.3) is 0 Å². The molecule has 0 bridgehead atoms. The van der Waals surface area contributed by atoms with Gasteiger partial charge in [0.05, 0.1) is 11.0 Å². The smallest absolute Gasteiger partial charge is 0.372 e. The van der Waals surface area contributed by atoms with Crippen LogP contribution >= 0.6 is 0 Å². The minimum absolute atomic E-state index is 0.0567. The zero-order valence-electron chi connectivity index (χ0n) is 12.2. The second-order valence-corrected chi connectivity index (χ2v) is 5.27. The van der Waals surface area contributed by atoms with Crippen LogP contribution in [-0.4, -0.2) is 20.6 Å². The average molecular weight is 280 g/mol. The first-order valence-electron chi connectivity index (χ1n) is 6.75. The van der Waals surface area contributed by atoms with Gasteiger partial charge in [-0.2, -0.15) is 0 Å². The number of nitrogens with zero attached hydrogens (tertiary/aromatic N) is 2. The highest BCUT2D eigenvalue weighted by Gasteiger charge is 2.17. The number of imidazole rings is 1. The zero-order valence-corrected chi connectivity index (χ0v) is 12.2. The summed E-state index contributed by atoms with van der Waals surface area (Å²) in [6.45, 7) is 4.15. The van der Waals surface area contributed by atoms with Crippen molar-refractivity contribution in [2.45, 2.75) is 13.8 Å². The van der Waals surface area contributed by atoms with E-state index in [1.807, 2.05) is 18.2 Å². The normalized spacial score (nSPS) is 11.0. The number of rotatable bonds is 2. The quantitative estimate of drug-likeness (QED) is 0.781. The summed E-state index contributed by atoms with van der Waals surface area (Å²) < 4.78 is 1.64. The number of carboxylic acids is 1. The van der Waals surface area contributed by atoms with Crippen molar-refractivity contribution in [2.75, 3.05) is 0 Å². The molecule has 0 aliphatic heterocycles. The molecule has 0 amide bonds.